The summed E-state index contributed by atoms with van der Waals surface area (Å²) in [7, 11) is 0. The van der Waals surface area contributed by atoms with Gasteiger partial charge in [-0.1, -0.05) is 27.7 Å². The molecule has 11 heteroatoms. The highest BCUT2D eigenvalue weighted by atomic mass is 19.4. The number of hydrogen-bond acceptors (Lipinski definition) is 6. The molecule has 170 valence electrons. The number of esters is 1. The Morgan fingerprint density at radius 1 is 1.07 bits per heavy atom. The van der Waals surface area contributed by atoms with Crippen LogP contribution in [-0.4, -0.2) is 61.8 Å². The average molecular weight is 426 g/mol. The molecule has 5 N–H and O–H groups in total. The van der Waals surface area contributed by atoms with Gasteiger partial charge in [-0.3, -0.25) is 9.59 Å². The van der Waals surface area contributed by atoms with Gasteiger partial charge in [0.1, 0.15) is 18.7 Å². The quantitative estimate of drug-likeness (QED) is 0.341. The van der Waals surface area contributed by atoms with Crippen molar-refractivity contribution in [3.05, 3.63) is 0 Å². The maximum absolute atomic E-state index is 12.6. The Hall–Kier alpha value is -1.88. The Morgan fingerprint density at radius 2 is 1.66 bits per heavy atom. The van der Waals surface area contributed by atoms with Crippen LogP contribution in [0.2, 0.25) is 0 Å². The second kappa shape index (κ2) is 12.6. The second-order valence-electron chi connectivity index (χ2n) is 7.57. The number of rotatable bonds is 12. The average Bonchev–Trinajstić information content (AvgIpc) is 2.57. The molecule has 0 aromatic carbocycles. The third kappa shape index (κ3) is 11.0. The summed E-state index contributed by atoms with van der Waals surface area (Å²) >= 11 is 0. The molecule has 2 amide bonds. The number of nitrogens with one attached hydrogen (secondary N) is 3. The molecule has 29 heavy (non-hydrogen) atoms. The Bertz CT molecular complexity index is 542. The molecule has 0 aromatic rings. The van der Waals surface area contributed by atoms with Gasteiger partial charge in [-0.2, -0.15) is 13.2 Å². The number of hydrogen-bond donors (Lipinski definition) is 4. The van der Waals surface area contributed by atoms with Crippen LogP contribution < -0.4 is 21.7 Å². The van der Waals surface area contributed by atoms with Crippen molar-refractivity contribution in [2.45, 2.75) is 65.3 Å². The van der Waals surface area contributed by atoms with Crippen LogP contribution in [0.1, 0.15) is 41.0 Å². The molecule has 0 aliphatic rings. The van der Waals surface area contributed by atoms with Gasteiger partial charge < -0.3 is 26.4 Å². The largest absolute Gasteiger partial charge is 0.490 e. The molecule has 0 radical (unpaired) electrons. The minimum Gasteiger partial charge on any atom is -0.457 e. The molecule has 0 saturated heterocycles. The zero-order valence-corrected chi connectivity index (χ0v) is 17.6. The summed E-state index contributed by atoms with van der Waals surface area (Å²) in [4.78, 5) is 35.7. The van der Waals surface area contributed by atoms with E-state index in [2.05, 4.69) is 20.7 Å². The number of likely N-dealkylation sites (N-methyl/N-ethyl adjacent to an activating group) is 1. The Kier molecular flexibility index (Phi) is 11.8. The van der Waals surface area contributed by atoms with E-state index < -0.39 is 42.7 Å². The number of alkyl halides is 3. The molecule has 0 fully saturated rings. The lowest BCUT2D eigenvalue weighted by Gasteiger charge is -2.26. The van der Waals surface area contributed by atoms with E-state index in [0.717, 1.165) is 0 Å². The number of amides is 2. The summed E-state index contributed by atoms with van der Waals surface area (Å²) in [6.07, 6.45) is -4.55. The van der Waals surface area contributed by atoms with Crippen molar-refractivity contribution < 1.29 is 32.3 Å². The van der Waals surface area contributed by atoms with Gasteiger partial charge in [0.2, 0.25) is 11.8 Å². The smallest absolute Gasteiger partial charge is 0.457 e. The molecular weight excluding hydrogens is 393 g/mol. The first kappa shape index (κ1) is 27.1. The Morgan fingerprint density at radius 3 is 2.10 bits per heavy atom. The number of halogens is 3. The lowest BCUT2D eigenvalue weighted by atomic mass is 10.0. The summed E-state index contributed by atoms with van der Waals surface area (Å²) in [5.74, 6) is -3.56. The topological polar surface area (TPSA) is 123 Å². The number of nitrogens with two attached hydrogens (primary N) is 1. The highest BCUT2D eigenvalue weighted by molar-refractivity contribution is 5.90. The van der Waals surface area contributed by atoms with Crippen LogP contribution in [0.25, 0.3) is 0 Å². The summed E-state index contributed by atoms with van der Waals surface area (Å²) < 4.78 is 41.4. The van der Waals surface area contributed by atoms with Gasteiger partial charge in [-0.05, 0) is 25.2 Å². The maximum atomic E-state index is 12.6. The summed E-state index contributed by atoms with van der Waals surface area (Å²) in [6.45, 7) is 8.67. The lowest BCUT2D eigenvalue weighted by molar-refractivity contribution is -0.200. The monoisotopic (exact) mass is 426 g/mol. The fraction of sp³-hybridized carbons (Fsp3) is 0.833. The van der Waals surface area contributed by atoms with E-state index in [9.17, 15) is 27.6 Å². The molecule has 0 bridgehead atoms. The number of ether oxygens (including phenoxy) is 1. The molecule has 8 nitrogen and oxygen atoms in total. The van der Waals surface area contributed by atoms with Crippen molar-refractivity contribution in [1.82, 2.24) is 16.0 Å². The van der Waals surface area contributed by atoms with Crippen molar-refractivity contribution in [3.63, 3.8) is 0 Å². The van der Waals surface area contributed by atoms with Crippen molar-refractivity contribution in [1.29, 1.82) is 0 Å². The minimum absolute atomic E-state index is 0.118. The first-order chi connectivity index (χ1) is 13.3. The summed E-state index contributed by atoms with van der Waals surface area (Å²) in [5, 5.41) is 7.82. The van der Waals surface area contributed by atoms with Crippen molar-refractivity contribution >= 4 is 17.8 Å². The molecular formula is C18H33F3N4O4. The maximum Gasteiger partial charge on any atom is 0.490 e. The highest BCUT2D eigenvalue weighted by Crippen LogP contribution is 2.16. The second-order valence-corrected chi connectivity index (χ2v) is 7.57. The predicted molar refractivity (Wildman–Crippen MR) is 102 cm³/mol. The highest BCUT2D eigenvalue weighted by Gasteiger charge is 2.41. The van der Waals surface area contributed by atoms with E-state index in [1.54, 1.807) is 20.8 Å². The fourth-order valence-corrected chi connectivity index (χ4v) is 2.52. The molecule has 0 heterocycles. The fourth-order valence-electron chi connectivity index (χ4n) is 2.52. The predicted octanol–water partition coefficient (Wildman–Crippen LogP) is 0.700. The molecule has 0 aromatic heterocycles. The van der Waals surface area contributed by atoms with Crippen LogP contribution in [0.4, 0.5) is 13.2 Å². The number of carbonyl (C=O) groups is 3. The SMILES string of the molecule is CCNC(=O)[C@@H](NC(=O)[C@H](COC(=O)C(F)(F)F)NC[C@@H](N)CC(C)C)C(C)C. The molecule has 0 saturated carbocycles. The van der Waals surface area contributed by atoms with Crippen LogP contribution in [0.5, 0.6) is 0 Å². The van der Waals surface area contributed by atoms with Gasteiger partial charge >= 0.3 is 12.1 Å². The molecule has 0 rings (SSSR count). The van der Waals surface area contributed by atoms with E-state index in [0.29, 0.717) is 13.0 Å². The van der Waals surface area contributed by atoms with Gasteiger partial charge in [0.15, 0.2) is 0 Å². The first-order valence-corrected chi connectivity index (χ1v) is 9.60. The van der Waals surface area contributed by atoms with E-state index in [-0.39, 0.29) is 24.4 Å². The Labute approximate surface area is 169 Å². The molecule has 0 unspecified atom stereocenters. The van der Waals surface area contributed by atoms with E-state index in [1.165, 1.54) is 0 Å². The molecule has 3 atom stereocenters. The van der Waals surface area contributed by atoms with Gasteiger partial charge in [0.05, 0.1) is 0 Å². The molecule has 0 aliphatic heterocycles. The zero-order chi connectivity index (χ0) is 22.8. The van der Waals surface area contributed by atoms with E-state index >= 15 is 0 Å². The van der Waals surface area contributed by atoms with E-state index in [1.807, 2.05) is 13.8 Å². The summed E-state index contributed by atoms with van der Waals surface area (Å²) in [6, 6.07) is -2.54. The molecule has 0 spiro atoms. The van der Waals surface area contributed by atoms with Crippen LogP contribution in [0.15, 0.2) is 0 Å². The van der Waals surface area contributed by atoms with Crippen molar-refractivity contribution in [2.75, 3.05) is 19.7 Å². The van der Waals surface area contributed by atoms with Crippen molar-refractivity contribution in [2.24, 2.45) is 17.6 Å². The number of carbonyl (C=O) groups excluding carboxylic acids is 3. The van der Waals surface area contributed by atoms with Crippen LogP contribution in [0, 0.1) is 11.8 Å². The van der Waals surface area contributed by atoms with Crippen LogP contribution >= 0.6 is 0 Å². The van der Waals surface area contributed by atoms with Crippen LogP contribution in [-0.2, 0) is 19.1 Å². The van der Waals surface area contributed by atoms with Gasteiger partial charge in [-0.15, -0.1) is 0 Å². The normalized spacial score (nSPS) is 15.0. The van der Waals surface area contributed by atoms with Gasteiger partial charge in [0, 0.05) is 19.1 Å². The van der Waals surface area contributed by atoms with Gasteiger partial charge in [0.25, 0.3) is 0 Å². The lowest BCUT2D eigenvalue weighted by Crippen LogP contribution is -2.57. The van der Waals surface area contributed by atoms with Crippen molar-refractivity contribution in [3.8, 4) is 0 Å². The third-order valence-electron chi connectivity index (χ3n) is 3.93. The third-order valence-corrected chi connectivity index (χ3v) is 3.93. The standard InChI is InChI=1S/C18H33F3N4O4/c1-6-23-16(27)14(11(4)5)25-15(26)13(9-29-17(28)18(19,20)21)24-8-12(22)7-10(2)3/h10-14,24H,6-9,22H2,1-5H3,(H,23,27)(H,25,26)/t12-,13-,14-/m0/s1. The van der Waals surface area contributed by atoms with E-state index in [4.69, 9.17) is 5.73 Å². The molecule has 0 aliphatic carbocycles. The summed E-state index contributed by atoms with van der Waals surface area (Å²) in [5.41, 5.74) is 5.94. The Balaban J connectivity index is 5.18. The zero-order valence-electron chi connectivity index (χ0n) is 17.6. The van der Waals surface area contributed by atoms with Gasteiger partial charge in [-0.25, -0.2) is 4.79 Å². The minimum atomic E-state index is -5.17. The van der Waals surface area contributed by atoms with Crippen LogP contribution in [0.3, 0.4) is 0 Å². The first-order valence-electron chi connectivity index (χ1n) is 9.60.